The molecule has 2 amide bonds. The number of amides is 2. The zero-order valence-corrected chi connectivity index (χ0v) is 23.1. The Balaban J connectivity index is 1.32. The molecular formula is C29H34N2O4S2. The van der Waals surface area contributed by atoms with E-state index in [2.05, 4.69) is 37.4 Å². The topological polar surface area (TPSA) is 59.1 Å². The van der Waals surface area contributed by atoms with Crippen LogP contribution in [0, 0.1) is 0 Å². The van der Waals surface area contributed by atoms with E-state index in [1.165, 1.54) is 21.8 Å². The smallest absolute Gasteiger partial charge is 0.264 e. The second-order valence-electron chi connectivity index (χ2n) is 9.98. The lowest BCUT2D eigenvalue weighted by molar-refractivity contribution is -0.135. The molecule has 0 N–H and O–H groups in total. The highest BCUT2D eigenvalue weighted by Crippen LogP contribution is 2.34. The van der Waals surface area contributed by atoms with Gasteiger partial charge in [0.05, 0.1) is 17.0 Å². The van der Waals surface area contributed by atoms with Crippen molar-refractivity contribution in [1.29, 1.82) is 0 Å². The normalized spacial score (nSPS) is 19.2. The summed E-state index contributed by atoms with van der Waals surface area (Å²) >= 11 is 3.14. The van der Waals surface area contributed by atoms with Gasteiger partial charge in [0.2, 0.25) is 5.91 Å². The number of hydrogen-bond acceptors (Lipinski definition) is 6. The van der Waals surface area contributed by atoms with Crippen molar-refractivity contribution in [2.45, 2.75) is 51.2 Å². The first-order chi connectivity index (χ1) is 18.0. The largest absolute Gasteiger partial charge is 0.491 e. The molecule has 1 fully saturated rings. The third-order valence-corrected chi connectivity index (χ3v) is 9.02. The maximum atomic E-state index is 13.8. The SMILES string of the molecule is CC(C)c1ccc(OC[C@@H]2c3ccsc3CCN2C(=O)CN(C[C@@H]2CCCO2)C(=O)c2cccs2)cc1. The fraction of sp³-hybridized carbons (Fsp3) is 0.448. The lowest BCUT2D eigenvalue weighted by Gasteiger charge is -2.37. The molecule has 0 spiro atoms. The molecule has 6 nitrogen and oxygen atoms in total. The average molecular weight is 539 g/mol. The van der Waals surface area contributed by atoms with Crippen LogP contribution in [0.5, 0.6) is 5.75 Å². The van der Waals surface area contributed by atoms with Crippen LogP contribution in [0.4, 0.5) is 0 Å². The number of thiophene rings is 2. The van der Waals surface area contributed by atoms with Crippen LogP contribution >= 0.6 is 22.7 Å². The van der Waals surface area contributed by atoms with Gasteiger partial charge in [0.15, 0.2) is 0 Å². The van der Waals surface area contributed by atoms with E-state index in [0.717, 1.165) is 30.6 Å². The molecule has 4 heterocycles. The van der Waals surface area contributed by atoms with Crippen LogP contribution < -0.4 is 4.74 Å². The van der Waals surface area contributed by atoms with Crippen molar-refractivity contribution >= 4 is 34.5 Å². The van der Waals surface area contributed by atoms with Crippen molar-refractivity contribution in [3.05, 3.63) is 74.1 Å². The molecular weight excluding hydrogens is 504 g/mol. The first-order valence-electron chi connectivity index (χ1n) is 13.0. The summed E-state index contributed by atoms with van der Waals surface area (Å²) in [5.74, 6) is 1.10. The number of fused-ring (bicyclic) bond motifs is 1. The van der Waals surface area contributed by atoms with Crippen LogP contribution in [0.2, 0.25) is 0 Å². The lowest BCUT2D eigenvalue weighted by Crippen LogP contribution is -2.49. The van der Waals surface area contributed by atoms with E-state index in [4.69, 9.17) is 9.47 Å². The van der Waals surface area contributed by atoms with E-state index in [-0.39, 0.29) is 30.5 Å². The molecule has 1 saturated heterocycles. The Morgan fingerprint density at radius 3 is 2.68 bits per heavy atom. The van der Waals surface area contributed by atoms with Crippen molar-refractivity contribution in [3.63, 3.8) is 0 Å². The van der Waals surface area contributed by atoms with Crippen LogP contribution in [-0.2, 0) is 16.0 Å². The highest BCUT2D eigenvalue weighted by atomic mass is 32.1. The van der Waals surface area contributed by atoms with E-state index in [1.807, 2.05) is 34.5 Å². The standard InChI is InChI=1S/C29H34N2O4S2/c1-20(2)21-7-9-22(10-8-21)35-19-25-24-12-16-37-26(24)11-13-31(25)28(32)18-30(17-23-5-3-14-34-23)29(33)27-6-4-15-36-27/h4,6-10,12,15-16,20,23,25H,3,5,11,13-14,17-19H2,1-2H3/t23-,25+/m0/s1. The van der Waals surface area contributed by atoms with Crippen LogP contribution in [0.15, 0.2) is 53.2 Å². The molecule has 196 valence electrons. The molecule has 3 aromatic rings. The molecule has 37 heavy (non-hydrogen) atoms. The van der Waals surface area contributed by atoms with E-state index >= 15 is 0 Å². The van der Waals surface area contributed by atoms with Gasteiger partial charge in [0.1, 0.15) is 18.9 Å². The quantitative estimate of drug-likeness (QED) is 0.348. The van der Waals surface area contributed by atoms with Crippen LogP contribution in [0.25, 0.3) is 0 Å². The third-order valence-electron chi connectivity index (χ3n) is 7.16. The summed E-state index contributed by atoms with van der Waals surface area (Å²) < 4.78 is 12.0. The van der Waals surface area contributed by atoms with Gasteiger partial charge in [-0.2, -0.15) is 0 Å². The summed E-state index contributed by atoms with van der Waals surface area (Å²) in [6.07, 6.45) is 2.71. The van der Waals surface area contributed by atoms with Gasteiger partial charge in [-0.15, -0.1) is 22.7 Å². The van der Waals surface area contributed by atoms with Gasteiger partial charge >= 0.3 is 0 Å². The van der Waals surface area contributed by atoms with Crippen molar-refractivity contribution in [3.8, 4) is 5.75 Å². The Labute approximate surface area is 226 Å². The van der Waals surface area contributed by atoms with Crippen molar-refractivity contribution < 1.29 is 19.1 Å². The van der Waals surface area contributed by atoms with Crippen LogP contribution in [-0.4, -0.2) is 60.6 Å². The highest BCUT2D eigenvalue weighted by Gasteiger charge is 2.34. The molecule has 2 atom stereocenters. The first-order valence-corrected chi connectivity index (χ1v) is 14.8. The summed E-state index contributed by atoms with van der Waals surface area (Å²) in [6.45, 7) is 6.52. The van der Waals surface area contributed by atoms with E-state index in [9.17, 15) is 9.59 Å². The summed E-state index contributed by atoms with van der Waals surface area (Å²) in [6, 6.07) is 13.8. The van der Waals surface area contributed by atoms with Crippen molar-refractivity contribution in [2.24, 2.45) is 0 Å². The first kappa shape index (κ1) is 25.9. The predicted molar refractivity (Wildman–Crippen MR) is 148 cm³/mol. The number of benzene rings is 1. The Hall–Kier alpha value is -2.68. The van der Waals surface area contributed by atoms with Crippen molar-refractivity contribution in [1.82, 2.24) is 9.80 Å². The molecule has 1 aromatic carbocycles. The number of rotatable bonds is 9. The summed E-state index contributed by atoms with van der Waals surface area (Å²) in [7, 11) is 0. The number of hydrogen-bond donors (Lipinski definition) is 0. The minimum Gasteiger partial charge on any atom is -0.491 e. The molecule has 0 bridgehead atoms. The molecule has 2 aliphatic rings. The molecule has 0 saturated carbocycles. The number of ether oxygens (including phenoxy) is 2. The van der Waals surface area contributed by atoms with Gasteiger partial charge in [-0.1, -0.05) is 32.0 Å². The molecule has 2 aromatic heterocycles. The molecule has 0 radical (unpaired) electrons. The van der Waals surface area contributed by atoms with Crippen LogP contribution in [0.1, 0.15) is 64.3 Å². The van der Waals surface area contributed by atoms with Gasteiger partial charge < -0.3 is 19.3 Å². The Bertz CT molecular complexity index is 1180. The number of carbonyl (C=O) groups is 2. The minimum absolute atomic E-state index is 0.0190. The van der Waals surface area contributed by atoms with Gasteiger partial charge in [0, 0.05) is 24.6 Å². The molecule has 8 heteroatoms. The van der Waals surface area contributed by atoms with Crippen LogP contribution in [0.3, 0.4) is 0 Å². The Kier molecular flexibility index (Phi) is 8.27. The third kappa shape index (κ3) is 6.08. The summed E-state index contributed by atoms with van der Waals surface area (Å²) in [5, 5.41) is 3.98. The zero-order chi connectivity index (χ0) is 25.8. The lowest BCUT2D eigenvalue weighted by atomic mass is 10.00. The molecule has 2 aliphatic heterocycles. The summed E-state index contributed by atoms with van der Waals surface area (Å²) in [5.41, 5.74) is 2.42. The monoisotopic (exact) mass is 538 g/mol. The fourth-order valence-electron chi connectivity index (χ4n) is 5.06. The average Bonchev–Trinajstić information content (AvgIpc) is 3.69. The highest BCUT2D eigenvalue weighted by molar-refractivity contribution is 7.12. The fourth-order valence-corrected chi connectivity index (χ4v) is 6.68. The number of carbonyl (C=O) groups excluding carboxylic acids is 2. The van der Waals surface area contributed by atoms with Gasteiger partial charge in [-0.25, -0.2) is 0 Å². The van der Waals surface area contributed by atoms with Gasteiger partial charge in [-0.3, -0.25) is 9.59 Å². The second-order valence-corrected chi connectivity index (χ2v) is 11.9. The van der Waals surface area contributed by atoms with Gasteiger partial charge in [0.25, 0.3) is 5.91 Å². The summed E-state index contributed by atoms with van der Waals surface area (Å²) in [4.78, 5) is 32.6. The maximum Gasteiger partial charge on any atom is 0.264 e. The molecule has 5 rings (SSSR count). The maximum absolute atomic E-state index is 13.8. The van der Waals surface area contributed by atoms with Gasteiger partial charge in [-0.05, 0) is 71.3 Å². The number of nitrogens with zero attached hydrogens (tertiary/aromatic N) is 2. The minimum atomic E-state index is -0.186. The van der Waals surface area contributed by atoms with E-state index in [1.54, 1.807) is 16.2 Å². The second kappa shape index (κ2) is 11.8. The Morgan fingerprint density at radius 2 is 1.97 bits per heavy atom. The van der Waals surface area contributed by atoms with E-state index < -0.39 is 0 Å². The van der Waals surface area contributed by atoms with Crippen molar-refractivity contribution in [2.75, 3.05) is 32.8 Å². The zero-order valence-electron chi connectivity index (χ0n) is 21.4. The molecule has 0 unspecified atom stereocenters. The Morgan fingerprint density at radius 1 is 1.14 bits per heavy atom. The predicted octanol–water partition coefficient (Wildman–Crippen LogP) is 5.76. The van der Waals surface area contributed by atoms with E-state index in [0.29, 0.717) is 37.1 Å². The molecule has 0 aliphatic carbocycles.